The van der Waals surface area contributed by atoms with Gasteiger partial charge in [-0.25, -0.2) is 0 Å². The van der Waals surface area contributed by atoms with Crippen LogP contribution in [0.25, 0.3) is 28.2 Å². The van der Waals surface area contributed by atoms with E-state index in [1.807, 2.05) is 80.8 Å². The van der Waals surface area contributed by atoms with Crippen molar-refractivity contribution in [1.82, 2.24) is 9.88 Å². The third-order valence-corrected chi connectivity index (χ3v) is 6.30. The second kappa shape index (κ2) is 12.1. The highest BCUT2D eigenvalue weighted by atomic mass is 35.5. The number of benzene rings is 3. The number of likely N-dealkylation sites (N-methyl/N-ethyl adjacent to an activating group) is 1. The lowest BCUT2D eigenvalue weighted by molar-refractivity contribution is 0.175. The topological polar surface area (TPSA) is 68.3 Å². The normalized spacial score (nSPS) is 13.0. The van der Waals surface area contributed by atoms with Gasteiger partial charge in [0, 0.05) is 34.1 Å². The van der Waals surface area contributed by atoms with Gasteiger partial charge in [0.2, 0.25) is 0 Å². The molecule has 0 saturated heterocycles. The van der Waals surface area contributed by atoms with Crippen LogP contribution in [0.1, 0.15) is 16.7 Å². The molecule has 0 fully saturated rings. The van der Waals surface area contributed by atoms with Gasteiger partial charge >= 0.3 is 0 Å². The number of halogens is 1. The lowest BCUT2D eigenvalue weighted by atomic mass is 10.1. The predicted octanol–water partition coefficient (Wildman–Crippen LogP) is 6.01. The van der Waals surface area contributed by atoms with Crippen molar-refractivity contribution >= 4 is 35.1 Å². The highest BCUT2D eigenvalue weighted by Crippen LogP contribution is 2.46. The van der Waals surface area contributed by atoms with Crippen molar-refractivity contribution in [2.24, 2.45) is 5.16 Å². The highest BCUT2D eigenvalue weighted by Gasteiger charge is 2.32. The predicted molar refractivity (Wildman–Crippen MR) is 155 cm³/mol. The van der Waals surface area contributed by atoms with Gasteiger partial charge in [0.15, 0.2) is 11.5 Å². The fraction of sp³-hybridized carbons (Fsp3) is 0.233. The molecular formula is C30H32ClN3O4. The number of aromatic nitrogens is 1. The molecule has 1 heterocycles. The molecule has 8 heteroatoms. The summed E-state index contributed by atoms with van der Waals surface area (Å²) < 4.78 is 17.2. The van der Waals surface area contributed by atoms with Crippen LogP contribution in [0.3, 0.4) is 0 Å². The number of methoxy groups -OCH3 is 2. The summed E-state index contributed by atoms with van der Waals surface area (Å²) in [5, 5.41) is 5.63. The third-order valence-electron chi connectivity index (χ3n) is 6.30. The van der Waals surface area contributed by atoms with E-state index in [0.717, 1.165) is 56.9 Å². The average Bonchev–Trinajstić information content (AvgIpc) is 3.42. The zero-order valence-electron chi connectivity index (χ0n) is 22.0. The molecule has 0 unspecified atom stereocenters. The molecule has 4 aromatic rings. The Morgan fingerprint density at radius 2 is 1.66 bits per heavy atom. The van der Waals surface area contributed by atoms with Crippen molar-refractivity contribution in [2.45, 2.75) is 0 Å². The van der Waals surface area contributed by atoms with Crippen LogP contribution in [-0.2, 0) is 4.84 Å². The van der Waals surface area contributed by atoms with Crippen molar-refractivity contribution in [3.05, 3.63) is 83.4 Å². The van der Waals surface area contributed by atoms with E-state index >= 15 is 0 Å². The van der Waals surface area contributed by atoms with Crippen molar-refractivity contribution < 1.29 is 19.0 Å². The van der Waals surface area contributed by atoms with E-state index in [1.165, 1.54) is 0 Å². The Balaban J connectivity index is 0.00000336. The molecule has 1 aliphatic rings. The van der Waals surface area contributed by atoms with Crippen LogP contribution < -0.4 is 14.2 Å². The Labute approximate surface area is 229 Å². The van der Waals surface area contributed by atoms with Gasteiger partial charge in [-0.1, -0.05) is 41.6 Å². The number of rotatable bonds is 10. The second-order valence-corrected chi connectivity index (χ2v) is 9.04. The minimum absolute atomic E-state index is 0. The Morgan fingerprint density at radius 1 is 0.921 bits per heavy atom. The maximum atomic E-state index is 6.02. The van der Waals surface area contributed by atoms with Crippen LogP contribution in [-0.4, -0.2) is 63.7 Å². The number of nitrogens with one attached hydrogen (secondary N) is 1. The number of aromatic amines is 1. The highest BCUT2D eigenvalue weighted by molar-refractivity contribution is 6.30. The molecule has 0 atom stereocenters. The number of H-pyrrole nitrogens is 1. The molecule has 0 amide bonds. The summed E-state index contributed by atoms with van der Waals surface area (Å²) in [5.41, 5.74) is 6.72. The first-order chi connectivity index (χ1) is 18.1. The first-order valence-corrected chi connectivity index (χ1v) is 12.2. The Hall–Kier alpha value is -3.94. The molecule has 38 heavy (non-hydrogen) atoms. The maximum Gasteiger partial charge on any atom is 0.161 e. The zero-order chi connectivity index (χ0) is 25.8. The smallest absolute Gasteiger partial charge is 0.161 e. The summed E-state index contributed by atoms with van der Waals surface area (Å²) in [6.45, 7) is 1.79. The van der Waals surface area contributed by atoms with Gasteiger partial charge < -0.3 is 28.9 Å². The van der Waals surface area contributed by atoms with Crippen LogP contribution >= 0.6 is 12.4 Å². The quantitative estimate of drug-likeness (QED) is 0.176. The lowest BCUT2D eigenvalue weighted by Gasteiger charge is -2.12. The van der Waals surface area contributed by atoms with Gasteiger partial charge in [-0.2, -0.15) is 0 Å². The summed E-state index contributed by atoms with van der Waals surface area (Å²) >= 11 is 0. The van der Waals surface area contributed by atoms with Gasteiger partial charge in [0.25, 0.3) is 0 Å². The Bertz CT molecular complexity index is 1460. The minimum atomic E-state index is 0. The summed E-state index contributed by atoms with van der Waals surface area (Å²) in [5.74, 6) is 2.11. The molecule has 0 spiro atoms. The minimum Gasteiger partial charge on any atom is -0.493 e. The number of hydrogen-bond donors (Lipinski definition) is 1. The average molecular weight is 534 g/mol. The molecule has 5 rings (SSSR count). The van der Waals surface area contributed by atoms with Gasteiger partial charge in [0.1, 0.15) is 24.7 Å². The monoisotopic (exact) mass is 533 g/mol. The van der Waals surface area contributed by atoms with Crippen LogP contribution in [0.15, 0.2) is 71.9 Å². The van der Waals surface area contributed by atoms with E-state index in [2.05, 4.69) is 21.1 Å². The number of hydrogen-bond acceptors (Lipinski definition) is 6. The largest absolute Gasteiger partial charge is 0.493 e. The molecule has 0 aliphatic heterocycles. The summed E-state index contributed by atoms with van der Waals surface area (Å²) in [7, 11) is 7.33. The van der Waals surface area contributed by atoms with Crippen LogP contribution in [0, 0.1) is 0 Å². The molecular weight excluding hydrogens is 502 g/mol. The number of oxime groups is 1. The first kappa shape index (κ1) is 27.1. The number of ether oxygens (including phenoxy) is 3. The fourth-order valence-corrected chi connectivity index (χ4v) is 4.46. The van der Waals surface area contributed by atoms with Crippen molar-refractivity contribution in [2.75, 3.05) is 48.1 Å². The molecule has 1 aliphatic carbocycles. The zero-order valence-corrected chi connectivity index (χ0v) is 22.8. The van der Waals surface area contributed by atoms with E-state index in [9.17, 15) is 0 Å². The number of fused-ring (bicyclic) bond motifs is 5. The van der Waals surface area contributed by atoms with Crippen LogP contribution in [0.5, 0.6) is 17.2 Å². The van der Waals surface area contributed by atoms with E-state index in [4.69, 9.17) is 19.0 Å². The van der Waals surface area contributed by atoms with Gasteiger partial charge in [-0.3, -0.25) is 0 Å². The van der Waals surface area contributed by atoms with Crippen LogP contribution in [0.2, 0.25) is 0 Å². The van der Waals surface area contributed by atoms with E-state index < -0.39 is 0 Å². The second-order valence-electron chi connectivity index (χ2n) is 9.04. The van der Waals surface area contributed by atoms with E-state index in [-0.39, 0.29) is 12.4 Å². The summed E-state index contributed by atoms with van der Waals surface area (Å²) in [4.78, 5) is 11.5. The molecule has 3 aromatic carbocycles. The van der Waals surface area contributed by atoms with Gasteiger partial charge in [-0.05, 0) is 56.1 Å². The molecule has 0 radical (unpaired) electrons. The summed E-state index contributed by atoms with van der Waals surface area (Å²) in [6.07, 6.45) is 3.97. The maximum absolute atomic E-state index is 6.02. The van der Waals surface area contributed by atoms with Crippen molar-refractivity contribution in [1.29, 1.82) is 0 Å². The Kier molecular flexibility index (Phi) is 8.61. The molecule has 7 nitrogen and oxygen atoms in total. The standard InChI is InChI=1S/C30H31N3O4.ClH/c1-33(2)14-16-36-21-12-13-25-24(17-21)28-29(31-25)22-18-26(34-3)27(35-4)19-23(22)30(28)32-37-15-8-11-20-9-6-5-7-10-20;/h5-13,17-19,31H,14-16H2,1-4H3;1H/b11-8+,32-30-;. The lowest BCUT2D eigenvalue weighted by Crippen LogP contribution is -2.19. The fourth-order valence-electron chi connectivity index (χ4n) is 4.46. The van der Waals surface area contributed by atoms with Crippen LogP contribution in [0.4, 0.5) is 0 Å². The number of nitrogens with zero attached hydrogens (tertiary/aromatic N) is 2. The first-order valence-electron chi connectivity index (χ1n) is 12.2. The molecule has 1 aromatic heterocycles. The summed E-state index contributed by atoms with van der Waals surface area (Å²) in [6, 6.07) is 20.1. The van der Waals surface area contributed by atoms with E-state index in [1.54, 1.807) is 14.2 Å². The van der Waals surface area contributed by atoms with Crippen molar-refractivity contribution in [3.63, 3.8) is 0 Å². The van der Waals surface area contributed by atoms with Gasteiger partial charge in [-0.15, -0.1) is 12.4 Å². The Morgan fingerprint density at radius 3 is 2.37 bits per heavy atom. The van der Waals surface area contributed by atoms with Gasteiger partial charge in [0.05, 0.1) is 19.9 Å². The molecule has 198 valence electrons. The van der Waals surface area contributed by atoms with Crippen molar-refractivity contribution in [3.8, 4) is 28.5 Å². The molecule has 0 saturated carbocycles. The molecule has 1 N–H and O–H groups in total. The van der Waals surface area contributed by atoms with E-state index in [0.29, 0.717) is 24.7 Å². The SMILES string of the molecule is COc1cc2c(cc1OC)-c1[nH]c3ccc(OCCN(C)C)cc3c1/C2=N\OC/C=C/c1ccccc1.Cl. The third kappa shape index (κ3) is 5.49. The molecule has 0 bridgehead atoms.